The molecule has 0 unspecified atom stereocenters. The smallest absolute Gasteiger partial charge is 0.415 e. The van der Waals surface area contributed by atoms with Gasteiger partial charge >= 0.3 is 12.1 Å². The second kappa shape index (κ2) is 8.85. The number of halogens is 1. The number of hydrogen-bond acceptors (Lipinski definition) is 4. The van der Waals surface area contributed by atoms with Crippen LogP contribution in [0.2, 0.25) is 0 Å². The van der Waals surface area contributed by atoms with Gasteiger partial charge in [0.05, 0.1) is 0 Å². The largest absolute Gasteiger partial charge is 0.459 e. The van der Waals surface area contributed by atoms with Gasteiger partial charge in [0.25, 0.3) is 0 Å². The minimum atomic E-state index is -0.668. The molecule has 138 valence electrons. The number of amides is 1. The van der Waals surface area contributed by atoms with Crippen LogP contribution in [0.1, 0.15) is 26.3 Å². The van der Waals surface area contributed by atoms with Crippen LogP contribution in [0.25, 0.3) is 0 Å². The number of carbonyl (C=O) groups excluding carboxylic acids is 2. The molecule has 0 heterocycles. The molecule has 0 atom stereocenters. The Morgan fingerprint density at radius 1 is 1.00 bits per heavy atom. The molecule has 0 N–H and O–H groups in total. The van der Waals surface area contributed by atoms with Crippen LogP contribution in [0, 0.1) is 0 Å². The molecule has 26 heavy (non-hydrogen) atoms. The highest BCUT2D eigenvalue weighted by molar-refractivity contribution is 9.10. The molecule has 0 aliphatic rings. The molecule has 1 amide bonds. The van der Waals surface area contributed by atoms with Crippen molar-refractivity contribution in [2.24, 2.45) is 0 Å². The Morgan fingerprint density at radius 3 is 2.19 bits per heavy atom. The van der Waals surface area contributed by atoms with Crippen molar-refractivity contribution < 1.29 is 19.1 Å². The number of hydrogen-bond donors (Lipinski definition) is 0. The fraction of sp³-hybridized carbons (Fsp3) is 0.300. The molecule has 0 saturated carbocycles. The van der Waals surface area contributed by atoms with Crippen molar-refractivity contribution in [2.75, 3.05) is 11.4 Å². The van der Waals surface area contributed by atoms with Gasteiger partial charge in [0.2, 0.25) is 0 Å². The first-order valence-electron chi connectivity index (χ1n) is 8.20. The summed E-state index contributed by atoms with van der Waals surface area (Å²) >= 11 is 3.36. The van der Waals surface area contributed by atoms with E-state index < -0.39 is 17.7 Å². The average molecular weight is 420 g/mol. The number of carbonyl (C=O) groups is 2. The van der Waals surface area contributed by atoms with E-state index >= 15 is 0 Å². The van der Waals surface area contributed by atoms with Gasteiger partial charge in [-0.25, -0.2) is 4.79 Å². The van der Waals surface area contributed by atoms with Crippen LogP contribution in [0.5, 0.6) is 0 Å². The lowest BCUT2D eigenvalue weighted by Gasteiger charge is -2.27. The maximum Gasteiger partial charge on any atom is 0.415 e. The van der Waals surface area contributed by atoms with Crippen LogP contribution in [-0.4, -0.2) is 24.2 Å². The Bertz CT molecular complexity index is 739. The highest BCUT2D eigenvalue weighted by Gasteiger charge is 2.26. The molecular formula is C20H22BrNO4. The van der Waals surface area contributed by atoms with E-state index in [-0.39, 0.29) is 13.2 Å². The first kappa shape index (κ1) is 20.0. The van der Waals surface area contributed by atoms with Crippen LogP contribution in [0.4, 0.5) is 10.5 Å². The van der Waals surface area contributed by atoms with Gasteiger partial charge in [0.15, 0.2) is 0 Å². The standard InChI is InChI=1S/C20H22BrNO4/c1-20(2,3)26-19(24)22(17-11-9-16(21)10-12-17)13-18(23)25-14-15-7-5-4-6-8-15/h4-12H,13-14H2,1-3H3. The van der Waals surface area contributed by atoms with Crippen LogP contribution in [-0.2, 0) is 20.9 Å². The molecule has 0 fully saturated rings. The van der Waals surface area contributed by atoms with Crippen molar-refractivity contribution in [1.82, 2.24) is 0 Å². The highest BCUT2D eigenvalue weighted by atomic mass is 79.9. The van der Waals surface area contributed by atoms with E-state index in [2.05, 4.69) is 15.9 Å². The van der Waals surface area contributed by atoms with E-state index in [1.54, 1.807) is 45.0 Å². The van der Waals surface area contributed by atoms with E-state index in [0.717, 1.165) is 10.0 Å². The summed E-state index contributed by atoms with van der Waals surface area (Å²) in [5, 5.41) is 0. The minimum Gasteiger partial charge on any atom is -0.459 e. The zero-order chi connectivity index (χ0) is 19.2. The summed E-state index contributed by atoms with van der Waals surface area (Å²) in [6.45, 7) is 5.25. The molecule has 0 spiro atoms. The first-order chi connectivity index (χ1) is 12.2. The maximum atomic E-state index is 12.5. The lowest BCUT2D eigenvalue weighted by molar-refractivity contribution is -0.143. The Hall–Kier alpha value is -2.34. The number of ether oxygens (including phenoxy) is 2. The highest BCUT2D eigenvalue weighted by Crippen LogP contribution is 2.21. The predicted molar refractivity (Wildman–Crippen MR) is 104 cm³/mol. The van der Waals surface area contributed by atoms with Crippen molar-refractivity contribution in [3.63, 3.8) is 0 Å². The van der Waals surface area contributed by atoms with Gasteiger partial charge in [0, 0.05) is 10.2 Å². The minimum absolute atomic E-state index is 0.155. The first-order valence-corrected chi connectivity index (χ1v) is 8.99. The van der Waals surface area contributed by atoms with Gasteiger partial charge < -0.3 is 9.47 Å². The van der Waals surface area contributed by atoms with Gasteiger partial charge in [-0.15, -0.1) is 0 Å². The van der Waals surface area contributed by atoms with E-state index in [0.29, 0.717) is 5.69 Å². The Morgan fingerprint density at radius 2 is 1.62 bits per heavy atom. The van der Waals surface area contributed by atoms with Crippen molar-refractivity contribution in [2.45, 2.75) is 33.0 Å². The molecule has 0 radical (unpaired) electrons. The van der Waals surface area contributed by atoms with E-state index in [4.69, 9.17) is 9.47 Å². The number of rotatable bonds is 5. The predicted octanol–water partition coefficient (Wildman–Crippen LogP) is 4.93. The lowest BCUT2D eigenvalue weighted by Crippen LogP contribution is -2.40. The topological polar surface area (TPSA) is 55.8 Å². The maximum absolute atomic E-state index is 12.5. The van der Waals surface area contributed by atoms with Crippen molar-refractivity contribution in [3.05, 3.63) is 64.6 Å². The monoisotopic (exact) mass is 419 g/mol. The molecule has 2 aromatic rings. The molecule has 0 aliphatic carbocycles. The molecule has 6 heteroatoms. The molecule has 2 aromatic carbocycles. The van der Waals surface area contributed by atoms with Crippen LogP contribution in [0.3, 0.4) is 0 Å². The fourth-order valence-corrected chi connectivity index (χ4v) is 2.38. The van der Waals surface area contributed by atoms with Gasteiger partial charge in [-0.3, -0.25) is 9.69 Å². The van der Waals surface area contributed by atoms with Crippen molar-refractivity contribution >= 4 is 33.7 Å². The quantitative estimate of drug-likeness (QED) is 0.644. The number of benzene rings is 2. The van der Waals surface area contributed by atoms with Crippen LogP contribution in [0.15, 0.2) is 59.1 Å². The second-order valence-corrected chi connectivity index (χ2v) is 7.60. The van der Waals surface area contributed by atoms with Crippen molar-refractivity contribution in [3.8, 4) is 0 Å². The molecule has 2 rings (SSSR count). The molecule has 0 bridgehead atoms. The van der Waals surface area contributed by atoms with Gasteiger partial charge in [-0.05, 0) is 50.6 Å². The van der Waals surface area contributed by atoms with Crippen molar-refractivity contribution in [1.29, 1.82) is 0 Å². The molecular weight excluding hydrogens is 398 g/mol. The third-order valence-electron chi connectivity index (χ3n) is 3.28. The van der Waals surface area contributed by atoms with Gasteiger partial charge in [-0.2, -0.15) is 0 Å². The normalized spacial score (nSPS) is 10.9. The van der Waals surface area contributed by atoms with E-state index in [9.17, 15) is 9.59 Å². The Balaban J connectivity index is 2.08. The summed E-state index contributed by atoms with van der Waals surface area (Å²) in [7, 11) is 0. The number of anilines is 1. The lowest BCUT2D eigenvalue weighted by atomic mass is 10.2. The third kappa shape index (κ3) is 6.52. The second-order valence-electron chi connectivity index (χ2n) is 6.69. The summed E-state index contributed by atoms with van der Waals surface area (Å²) in [4.78, 5) is 26.1. The molecule has 5 nitrogen and oxygen atoms in total. The summed E-state index contributed by atoms with van der Waals surface area (Å²) in [6, 6.07) is 16.4. The third-order valence-corrected chi connectivity index (χ3v) is 3.81. The Labute approximate surface area is 162 Å². The molecule has 0 aromatic heterocycles. The summed E-state index contributed by atoms with van der Waals surface area (Å²) in [5.41, 5.74) is 0.769. The average Bonchev–Trinajstić information content (AvgIpc) is 2.58. The SMILES string of the molecule is CC(C)(C)OC(=O)N(CC(=O)OCc1ccccc1)c1ccc(Br)cc1. The van der Waals surface area contributed by atoms with E-state index in [1.165, 1.54) is 4.90 Å². The van der Waals surface area contributed by atoms with Crippen LogP contribution < -0.4 is 4.90 Å². The van der Waals surface area contributed by atoms with Gasteiger partial charge in [0.1, 0.15) is 18.8 Å². The summed E-state index contributed by atoms with van der Waals surface area (Å²) in [5.74, 6) is -0.511. The van der Waals surface area contributed by atoms with E-state index in [1.807, 2.05) is 30.3 Å². The summed E-state index contributed by atoms with van der Waals surface area (Å²) < 4.78 is 11.6. The van der Waals surface area contributed by atoms with Crippen LogP contribution >= 0.6 is 15.9 Å². The number of esters is 1. The molecule has 0 saturated heterocycles. The Kier molecular flexibility index (Phi) is 6.80. The van der Waals surface area contributed by atoms with Gasteiger partial charge in [-0.1, -0.05) is 46.3 Å². The zero-order valence-corrected chi connectivity index (χ0v) is 16.7. The number of nitrogens with zero attached hydrogens (tertiary/aromatic N) is 1. The fourth-order valence-electron chi connectivity index (χ4n) is 2.11. The zero-order valence-electron chi connectivity index (χ0n) is 15.1. The summed E-state index contributed by atoms with van der Waals surface area (Å²) in [6.07, 6.45) is -0.600. The molecule has 0 aliphatic heterocycles.